The highest BCUT2D eigenvalue weighted by atomic mass is 79.9. The zero-order chi connectivity index (χ0) is 14.7. The first-order valence-electron chi connectivity index (χ1n) is 6.58. The fourth-order valence-corrected chi connectivity index (χ4v) is 2.77. The van der Waals surface area contributed by atoms with Gasteiger partial charge in [-0.05, 0) is 30.3 Å². The van der Waals surface area contributed by atoms with Gasteiger partial charge in [-0.15, -0.1) is 0 Å². The lowest BCUT2D eigenvalue weighted by Gasteiger charge is -2.10. The van der Waals surface area contributed by atoms with E-state index in [-0.39, 0.29) is 0 Å². The Morgan fingerprint density at radius 3 is 2.76 bits per heavy atom. The maximum Gasteiger partial charge on any atom is 0.130 e. The van der Waals surface area contributed by atoms with Gasteiger partial charge in [0.15, 0.2) is 0 Å². The highest BCUT2D eigenvalue weighted by molar-refractivity contribution is 9.08. The summed E-state index contributed by atoms with van der Waals surface area (Å²) in [5.41, 5.74) is 2.92. The number of hydrogen-bond donors (Lipinski definition) is 0. The van der Waals surface area contributed by atoms with E-state index in [9.17, 15) is 0 Å². The van der Waals surface area contributed by atoms with Crippen LogP contribution in [0.2, 0.25) is 5.02 Å². The summed E-state index contributed by atoms with van der Waals surface area (Å²) in [6.07, 6.45) is 0. The van der Waals surface area contributed by atoms with E-state index >= 15 is 0 Å². The molecule has 2 nitrogen and oxygen atoms in total. The summed E-state index contributed by atoms with van der Waals surface area (Å²) in [6, 6.07) is 17.7. The van der Waals surface area contributed by atoms with Crippen LogP contribution < -0.4 is 4.74 Å². The van der Waals surface area contributed by atoms with E-state index in [2.05, 4.69) is 33.0 Å². The fraction of sp³-hybridized carbons (Fsp3) is 0.118. The van der Waals surface area contributed by atoms with Gasteiger partial charge < -0.3 is 4.74 Å². The van der Waals surface area contributed by atoms with Gasteiger partial charge in [0.1, 0.15) is 12.4 Å². The molecule has 0 radical (unpaired) electrons. The molecule has 0 fully saturated rings. The van der Waals surface area contributed by atoms with Crippen LogP contribution in [-0.2, 0) is 11.9 Å². The van der Waals surface area contributed by atoms with Crippen molar-refractivity contribution >= 4 is 38.4 Å². The van der Waals surface area contributed by atoms with Gasteiger partial charge in [-0.2, -0.15) is 0 Å². The largest absolute Gasteiger partial charge is 0.487 e. The van der Waals surface area contributed by atoms with Gasteiger partial charge in [0.2, 0.25) is 0 Å². The topological polar surface area (TPSA) is 22.1 Å². The Morgan fingerprint density at radius 2 is 1.90 bits per heavy atom. The number of benzene rings is 2. The van der Waals surface area contributed by atoms with Crippen LogP contribution in [0, 0.1) is 0 Å². The number of hydrogen-bond acceptors (Lipinski definition) is 2. The first-order valence-corrected chi connectivity index (χ1v) is 8.08. The van der Waals surface area contributed by atoms with E-state index in [0.29, 0.717) is 17.0 Å². The van der Waals surface area contributed by atoms with Crippen molar-refractivity contribution in [1.29, 1.82) is 0 Å². The molecule has 0 saturated carbocycles. The maximum absolute atomic E-state index is 5.99. The van der Waals surface area contributed by atoms with E-state index in [1.807, 2.05) is 42.5 Å². The first-order chi connectivity index (χ1) is 10.3. The molecular weight excluding hydrogens is 350 g/mol. The number of alkyl halides is 1. The predicted molar refractivity (Wildman–Crippen MR) is 90.2 cm³/mol. The summed E-state index contributed by atoms with van der Waals surface area (Å²) < 4.78 is 5.87. The van der Waals surface area contributed by atoms with Gasteiger partial charge in [0.25, 0.3) is 0 Å². The SMILES string of the molecule is Clc1ccc(OCc2ccc3ccccc3n2)c(CBr)c1. The molecule has 0 atom stereocenters. The molecule has 0 bridgehead atoms. The van der Waals surface area contributed by atoms with E-state index < -0.39 is 0 Å². The van der Waals surface area contributed by atoms with Crippen LogP contribution in [0.15, 0.2) is 54.6 Å². The minimum atomic E-state index is 0.437. The van der Waals surface area contributed by atoms with Crippen molar-refractivity contribution in [3.8, 4) is 5.75 Å². The second-order valence-corrected chi connectivity index (χ2v) is 5.67. The minimum Gasteiger partial charge on any atom is -0.487 e. The third-order valence-electron chi connectivity index (χ3n) is 3.20. The maximum atomic E-state index is 5.99. The van der Waals surface area contributed by atoms with Crippen LogP contribution in [0.3, 0.4) is 0 Å². The summed E-state index contributed by atoms with van der Waals surface area (Å²) >= 11 is 9.44. The molecule has 0 saturated heterocycles. The van der Waals surface area contributed by atoms with Crippen LogP contribution in [-0.4, -0.2) is 4.98 Å². The highest BCUT2D eigenvalue weighted by Crippen LogP contribution is 2.25. The average molecular weight is 363 g/mol. The lowest BCUT2D eigenvalue weighted by atomic mass is 10.2. The number of pyridine rings is 1. The predicted octanol–water partition coefficient (Wildman–Crippen LogP) is 5.36. The molecule has 21 heavy (non-hydrogen) atoms. The van der Waals surface area contributed by atoms with Crippen molar-refractivity contribution in [1.82, 2.24) is 4.98 Å². The molecule has 1 heterocycles. The molecule has 0 aliphatic heterocycles. The number of rotatable bonds is 4. The molecule has 0 spiro atoms. The quantitative estimate of drug-likeness (QED) is 0.583. The number of aromatic nitrogens is 1. The zero-order valence-electron chi connectivity index (χ0n) is 11.2. The molecule has 0 aliphatic rings. The lowest BCUT2D eigenvalue weighted by Crippen LogP contribution is -2.00. The number of fused-ring (bicyclic) bond motifs is 1. The van der Waals surface area contributed by atoms with Gasteiger partial charge in [-0.3, -0.25) is 0 Å². The molecule has 106 valence electrons. The number of ether oxygens (including phenoxy) is 1. The first kappa shape index (κ1) is 14.4. The summed E-state index contributed by atoms with van der Waals surface area (Å²) in [5, 5.41) is 2.54. The Kier molecular flexibility index (Phi) is 4.42. The lowest BCUT2D eigenvalue weighted by molar-refractivity contribution is 0.299. The Bertz CT molecular complexity index is 776. The Labute approximate surface area is 136 Å². The molecule has 0 aliphatic carbocycles. The van der Waals surface area contributed by atoms with Crippen LogP contribution in [0.25, 0.3) is 10.9 Å². The molecule has 0 unspecified atom stereocenters. The second-order valence-electron chi connectivity index (χ2n) is 4.67. The smallest absolute Gasteiger partial charge is 0.130 e. The minimum absolute atomic E-state index is 0.437. The Morgan fingerprint density at radius 1 is 1.05 bits per heavy atom. The Hall–Kier alpha value is -1.58. The molecule has 4 heteroatoms. The van der Waals surface area contributed by atoms with Crippen molar-refractivity contribution in [2.75, 3.05) is 0 Å². The molecular formula is C17H13BrClNO. The van der Waals surface area contributed by atoms with Gasteiger partial charge in [-0.25, -0.2) is 4.98 Å². The zero-order valence-corrected chi connectivity index (χ0v) is 13.6. The average Bonchev–Trinajstić information content (AvgIpc) is 2.53. The molecule has 3 rings (SSSR count). The highest BCUT2D eigenvalue weighted by Gasteiger charge is 2.05. The van der Waals surface area contributed by atoms with Crippen LogP contribution in [0.1, 0.15) is 11.3 Å². The van der Waals surface area contributed by atoms with E-state index in [1.165, 1.54) is 0 Å². The van der Waals surface area contributed by atoms with E-state index in [1.54, 1.807) is 0 Å². The molecule has 0 amide bonds. The van der Waals surface area contributed by atoms with Crippen LogP contribution in [0.5, 0.6) is 5.75 Å². The number of halogens is 2. The van der Waals surface area contributed by atoms with Gasteiger partial charge >= 0.3 is 0 Å². The Balaban J connectivity index is 1.80. The summed E-state index contributed by atoms with van der Waals surface area (Å²) in [4.78, 5) is 4.60. The third-order valence-corrected chi connectivity index (χ3v) is 4.04. The van der Waals surface area contributed by atoms with Gasteiger partial charge in [-0.1, -0.05) is 51.8 Å². The molecule has 1 aromatic heterocycles. The normalized spacial score (nSPS) is 10.8. The summed E-state index contributed by atoms with van der Waals surface area (Å²) in [7, 11) is 0. The van der Waals surface area contributed by atoms with Gasteiger partial charge in [0.05, 0.1) is 11.2 Å². The van der Waals surface area contributed by atoms with E-state index in [0.717, 1.165) is 27.9 Å². The molecule has 0 N–H and O–H groups in total. The van der Waals surface area contributed by atoms with Gasteiger partial charge in [0, 0.05) is 21.3 Å². The van der Waals surface area contributed by atoms with Crippen molar-refractivity contribution < 1.29 is 4.74 Å². The third kappa shape index (κ3) is 3.36. The van der Waals surface area contributed by atoms with Crippen molar-refractivity contribution in [2.24, 2.45) is 0 Å². The van der Waals surface area contributed by atoms with Crippen molar-refractivity contribution in [3.05, 3.63) is 70.9 Å². The van der Waals surface area contributed by atoms with Crippen LogP contribution in [0.4, 0.5) is 0 Å². The van der Waals surface area contributed by atoms with Crippen molar-refractivity contribution in [2.45, 2.75) is 11.9 Å². The molecule has 2 aromatic carbocycles. The van der Waals surface area contributed by atoms with E-state index in [4.69, 9.17) is 16.3 Å². The van der Waals surface area contributed by atoms with Crippen molar-refractivity contribution in [3.63, 3.8) is 0 Å². The summed E-state index contributed by atoms with van der Waals surface area (Å²) in [6.45, 7) is 0.437. The monoisotopic (exact) mass is 361 g/mol. The fourth-order valence-electron chi connectivity index (χ4n) is 2.13. The second kappa shape index (κ2) is 6.46. The standard InChI is InChI=1S/C17H13BrClNO/c18-10-13-9-14(19)6-8-17(13)21-11-15-7-5-12-3-1-2-4-16(12)20-15/h1-9H,10-11H2. The number of para-hydroxylation sites is 1. The molecule has 3 aromatic rings. The number of nitrogens with zero attached hydrogens (tertiary/aromatic N) is 1. The summed E-state index contributed by atoms with van der Waals surface area (Å²) in [5.74, 6) is 0.825. The van der Waals surface area contributed by atoms with Crippen LogP contribution >= 0.6 is 27.5 Å².